The fourth-order valence-corrected chi connectivity index (χ4v) is 1.39. The highest BCUT2D eigenvalue weighted by molar-refractivity contribution is 9.10. The molecule has 3 heteroatoms. The molecule has 0 aliphatic rings. The van der Waals surface area contributed by atoms with Gasteiger partial charge in [0.1, 0.15) is 12.4 Å². The second-order valence-electron chi connectivity index (χ2n) is 4.71. The van der Waals surface area contributed by atoms with Gasteiger partial charge in [-0.25, -0.2) is 0 Å². The average molecular weight is 272 g/mol. The van der Waals surface area contributed by atoms with Crippen molar-refractivity contribution < 1.29 is 4.74 Å². The lowest BCUT2D eigenvalue weighted by molar-refractivity contribution is 0.205. The van der Waals surface area contributed by atoms with Crippen molar-refractivity contribution in [1.29, 1.82) is 0 Å². The van der Waals surface area contributed by atoms with E-state index in [4.69, 9.17) is 10.5 Å². The van der Waals surface area contributed by atoms with Gasteiger partial charge in [-0.1, -0.05) is 32.9 Å². The van der Waals surface area contributed by atoms with Gasteiger partial charge < -0.3 is 10.5 Å². The first kappa shape index (κ1) is 12.5. The van der Waals surface area contributed by atoms with Gasteiger partial charge in [-0.05, 0) is 33.5 Å². The number of benzene rings is 1. The van der Waals surface area contributed by atoms with Gasteiger partial charge in [0.15, 0.2) is 0 Å². The number of nitrogens with two attached hydrogens (primary N) is 1. The minimum absolute atomic E-state index is 0.0320. The highest BCUT2D eigenvalue weighted by atomic mass is 79.9. The Morgan fingerprint density at radius 1 is 1.33 bits per heavy atom. The van der Waals surface area contributed by atoms with E-state index in [-0.39, 0.29) is 11.5 Å². The Kier molecular flexibility index (Phi) is 4.17. The van der Waals surface area contributed by atoms with Crippen LogP contribution in [0.1, 0.15) is 20.8 Å². The standard InChI is InChI=1S/C12H18BrNO/c1-12(2,3)11(14)8-15-10-7-5-4-6-9(10)13/h4-7,11H,8,14H2,1-3H3. The zero-order chi connectivity index (χ0) is 11.5. The van der Waals surface area contributed by atoms with Crippen molar-refractivity contribution in [3.05, 3.63) is 28.7 Å². The van der Waals surface area contributed by atoms with Crippen molar-refractivity contribution in [2.75, 3.05) is 6.61 Å². The van der Waals surface area contributed by atoms with E-state index in [0.29, 0.717) is 6.61 Å². The Hall–Kier alpha value is -0.540. The highest BCUT2D eigenvalue weighted by Crippen LogP contribution is 2.25. The number of rotatable bonds is 3. The van der Waals surface area contributed by atoms with Crippen molar-refractivity contribution in [1.82, 2.24) is 0 Å². The second kappa shape index (κ2) is 4.99. The molecule has 2 nitrogen and oxygen atoms in total. The van der Waals surface area contributed by atoms with Crippen LogP contribution in [0.15, 0.2) is 28.7 Å². The smallest absolute Gasteiger partial charge is 0.133 e. The van der Waals surface area contributed by atoms with Crippen LogP contribution in [0.3, 0.4) is 0 Å². The molecule has 0 heterocycles. The van der Waals surface area contributed by atoms with Gasteiger partial charge in [0.25, 0.3) is 0 Å². The fourth-order valence-electron chi connectivity index (χ4n) is 0.991. The Morgan fingerprint density at radius 2 is 1.93 bits per heavy atom. The summed E-state index contributed by atoms with van der Waals surface area (Å²) in [6.07, 6.45) is 0. The molecule has 0 saturated carbocycles. The van der Waals surface area contributed by atoms with Crippen LogP contribution in [0.25, 0.3) is 0 Å². The Bertz CT molecular complexity index is 320. The zero-order valence-electron chi connectivity index (χ0n) is 9.46. The summed E-state index contributed by atoms with van der Waals surface area (Å²) in [4.78, 5) is 0. The van der Waals surface area contributed by atoms with Gasteiger partial charge in [0.05, 0.1) is 4.47 Å². The van der Waals surface area contributed by atoms with E-state index >= 15 is 0 Å². The fraction of sp³-hybridized carbons (Fsp3) is 0.500. The summed E-state index contributed by atoms with van der Waals surface area (Å²) >= 11 is 3.43. The molecule has 2 N–H and O–H groups in total. The summed E-state index contributed by atoms with van der Waals surface area (Å²) in [5.74, 6) is 0.845. The van der Waals surface area contributed by atoms with Gasteiger partial charge >= 0.3 is 0 Å². The van der Waals surface area contributed by atoms with E-state index in [9.17, 15) is 0 Å². The largest absolute Gasteiger partial charge is 0.491 e. The van der Waals surface area contributed by atoms with E-state index in [1.165, 1.54) is 0 Å². The van der Waals surface area contributed by atoms with E-state index < -0.39 is 0 Å². The first-order chi connectivity index (χ1) is 6.91. The zero-order valence-corrected chi connectivity index (χ0v) is 11.0. The topological polar surface area (TPSA) is 35.2 Å². The quantitative estimate of drug-likeness (QED) is 0.917. The van der Waals surface area contributed by atoms with Crippen molar-refractivity contribution in [2.45, 2.75) is 26.8 Å². The molecule has 15 heavy (non-hydrogen) atoms. The molecular formula is C12H18BrNO. The van der Waals surface area contributed by atoms with Crippen LogP contribution < -0.4 is 10.5 Å². The molecule has 0 spiro atoms. The van der Waals surface area contributed by atoms with E-state index in [0.717, 1.165) is 10.2 Å². The van der Waals surface area contributed by atoms with Crippen LogP contribution in [0, 0.1) is 5.41 Å². The van der Waals surface area contributed by atoms with Crippen molar-refractivity contribution in [3.8, 4) is 5.75 Å². The third kappa shape index (κ3) is 3.84. The molecule has 0 aliphatic heterocycles. The Labute approximate surface area is 99.9 Å². The van der Waals surface area contributed by atoms with Gasteiger partial charge in [0, 0.05) is 6.04 Å². The maximum atomic E-state index is 6.01. The normalized spacial score (nSPS) is 13.7. The van der Waals surface area contributed by atoms with Crippen molar-refractivity contribution in [3.63, 3.8) is 0 Å². The lowest BCUT2D eigenvalue weighted by Crippen LogP contribution is -2.40. The van der Waals surface area contributed by atoms with Crippen molar-refractivity contribution >= 4 is 15.9 Å². The summed E-state index contributed by atoms with van der Waals surface area (Å²) in [7, 11) is 0. The molecule has 0 radical (unpaired) electrons. The summed E-state index contributed by atoms with van der Waals surface area (Å²) in [6.45, 7) is 6.87. The number of ether oxygens (including phenoxy) is 1. The van der Waals surface area contributed by atoms with Gasteiger partial charge in [-0.3, -0.25) is 0 Å². The van der Waals surface area contributed by atoms with E-state index in [2.05, 4.69) is 36.7 Å². The summed E-state index contributed by atoms with van der Waals surface area (Å²) in [5, 5.41) is 0. The van der Waals surface area contributed by atoms with Crippen LogP contribution in [0.4, 0.5) is 0 Å². The third-order valence-electron chi connectivity index (χ3n) is 2.37. The predicted molar refractivity (Wildman–Crippen MR) is 67.1 cm³/mol. The minimum atomic E-state index is 0.0320. The number of hydrogen-bond acceptors (Lipinski definition) is 2. The maximum absolute atomic E-state index is 6.01. The highest BCUT2D eigenvalue weighted by Gasteiger charge is 2.21. The molecule has 1 atom stereocenters. The number of para-hydroxylation sites is 1. The molecule has 1 unspecified atom stereocenters. The molecule has 1 aromatic carbocycles. The van der Waals surface area contributed by atoms with Crippen molar-refractivity contribution in [2.24, 2.45) is 11.1 Å². The molecule has 0 aliphatic carbocycles. The first-order valence-corrected chi connectivity index (χ1v) is 5.83. The molecular weight excluding hydrogens is 254 g/mol. The Morgan fingerprint density at radius 3 is 2.47 bits per heavy atom. The lowest BCUT2D eigenvalue weighted by Gasteiger charge is -2.27. The van der Waals surface area contributed by atoms with E-state index in [1.54, 1.807) is 0 Å². The first-order valence-electron chi connectivity index (χ1n) is 5.04. The lowest BCUT2D eigenvalue weighted by atomic mass is 9.88. The monoisotopic (exact) mass is 271 g/mol. The molecule has 0 aromatic heterocycles. The maximum Gasteiger partial charge on any atom is 0.133 e. The molecule has 0 bridgehead atoms. The number of hydrogen-bond donors (Lipinski definition) is 1. The molecule has 1 aromatic rings. The average Bonchev–Trinajstić information content (AvgIpc) is 2.14. The SMILES string of the molecule is CC(C)(C)C(N)COc1ccccc1Br. The van der Waals surface area contributed by atoms with E-state index in [1.807, 2.05) is 24.3 Å². The Balaban J connectivity index is 2.55. The molecule has 1 rings (SSSR count). The minimum Gasteiger partial charge on any atom is -0.491 e. The number of halogens is 1. The molecule has 0 saturated heterocycles. The van der Waals surface area contributed by atoms with Crippen LogP contribution in [0.2, 0.25) is 0 Å². The predicted octanol–water partition coefficient (Wildman–Crippen LogP) is 3.20. The van der Waals surface area contributed by atoms with Gasteiger partial charge in [-0.2, -0.15) is 0 Å². The van der Waals surface area contributed by atoms with Crippen LogP contribution in [0.5, 0.6) is 5.75 Å². The second-order valence-corrected chi connectivity index (χ2v) is 5.57. The van der Waals surface area contributed by atoms with Gasteiger partial charge in [-0.15, -0.1) is 0 Å². The molecule has 0 fully saturated rings. The third-order valence-corrected chi connectivity index (χ3v) is 3.02. The summed E-state index contributed by atoms with van der Waals surface area (Å²) in [5.41, 5.74) is 6.08. The van der Waals surface area contributed by atoms with Gasteiger partial charge in [0.2, 0.25) is 0 Å². The van der Waals surface area contributed by atoms with Crippen LogP contribution in [-0.2, 0) is 0 Å². The summed E-state index contributed by atoms with van der Waals surface area (Å²) in [6, 6.07) is 7.82. The van der Waals surface area contributed by atoms with Crippen LogP contribution in [-0.4, -0.2) is 12.6 Å². The van der Waals surface area contributed by atoms with Crippen LogP contribution >= 0.6 is 15.9 Å². The summed E-state index contributed by atoms with van der Waals surface area (Å²) < 4.78 is 6.62. The molecule has 0 amide bonds. The molecule has 84 valence electrons.